The summed E-state index contributed by atoms with van der Waals surface area (Å²) < 4.78 is 42.9. The Morgan fingerprint density at radius 3 is 2.64 bits per heavy atom. The third-order valence-electron chi connectivity index (χ3n) is 3.23. The number of nitrogens with zero attached hydrogens (tertiary/aromatic N) is 4. The van der Waals surface area contributed by atoms with Crippen molar-refractivity contribution >= 4 is 5.96 Å². The minimum absolute atomic E-state index is 0.0746. The lowest BCUT2D eigenvalue weighted by Gasteiger charge is -2.13. The number of aromatic nitrogens is 3. The van der Waals surface area contributed by atoms with Crippen LogP contribution in [0.2, 0.25) is 0 Å². The molecule has 2 N–H and O–H groups in total. The standard InChI is InChI=1S/C15H19F3N6O/c1-19-14(22-9-12-4-6-23-24(12)2)21-8-11-3-5-20-13(7-11)25-10-15(16,17)18/h3-7H,8-10H2,1-2H3,(H2,19,21,22). The number of rotatable bonds is 6. The molecule has 25 heavy (non-hydrogen) atoms. The maximum atomic E-state index is 12.2. The molecule has 0 aliphatic heterocycles. The molecule has 2 rings (SSSR count). The Morgan fingerprint density at radius 2 is 2.00 bits per heavy atom. The van der Waals surface area contributed by atoms with E-state index >= 15 is 0 Å². The summed E-state index contributed by atoms with van der Waals surface area (Å²) in [5.41, 5.74) is 1.70. The van der Waals surface area contributed by atoms with Gasteiger partial charge in [0.15, 0.2) is 12.6 Å². The van der Waals surface area contributed by atoms with Gasteiger partial charge < -0.3 is 15.4 Å². The molecule has 2 heterocycles. The van der Waals surface area contributed by atoms with E-state index in [0.717, 1.165) is 11.3 Å². The minimum Gasteiger partial charge on any atom is -0.468 e. The van der Waals surface area contributed by atoms with E-state index in [1.165, 1.54) is 12.3 Å². The monoisotopic (exact) mass is 356 g/mol. The van der Waals surface area contributed by atoms with Gasteiger partial charge in [-0.1, -0.05) is 0 Å². The second kappa shape index (κ2) is 8.36. The van der Waals surface area contributed by atoms with E-state index < -0.39 is 12.8 Å². The second-order valence-electron chi connectivity index (χ2n) is 5.13. The van der Waals surface area contributed by atoms with Crippen molar-refractivity contribution in [2.75, 3.05) is 13.7 Å². The summed E-state index contributed by atoms with van der Waals surface area (Å²) in [6.07, 6.45) is -1.30. The van der Waals surface area contributed by atoms with Crippen LogP contribution < -0.4 is 15.4 Å². The highest BCUT2D eigenvalue weighted by atomic mass is 19.4. The number of alkyl halides is 3. The van der Waals surface area contributed by atoms with Crippen molar-refractivity contribution < 1.29 is 17.9 Å². The van der Waals surface area contributed by atoms with Crippen molar-refractivity contribution in [3.8, 4) is 5.88 Å². The Balaban J connectivity index is 1.85. The van der Waals surface area contributed by atoms with Crippen molar-refractivity contribution in [1.29, 1.82) is 0 Å². The molecule has 0 saturated heterocycles. The van der Waals surface area contributed by atoms with Gasteiger partial charge in [-0.05, 0) is 17.7 Å². The molecule has 136 valence electrons. The molecule has 0 saturated carbocycles. The molecule has 7 nitrogen and oxygen atoms in total. The normalized spacial score (nSPS) is 12.1. The third-order valence-corrected chi connectivity index (χ3v) is 3.23. The van der Waals surface area contributed by atoms with Crippen LogP contribution in [0.25, 0.3) is 0 Å². The molecule has 0 aliphatic carbocycles. The molecule has 10 heteroatoms. The fourth-order valence-corrected chi connectivity index (χ4v) is 1.95. The molecule has 0 atom stereocenters. The van der Waals surface area contributed by atoms with Crippen molar-refractivity contribution in [3.63, 3.8) is 0 Å². The summed E-state index contributed by atoms with van der Waals surface area (Å²) in [5.74, 6) is 0.477. The minimum atomic E-state index is -4.40. The zero-order valence-electron chi connectivity index (χ0n) is 13.8. The third kappa shape index (κ3) is 6.32. The molecule has 0 radical (unpaired) electrons. The highest BCUT2D eigenvalue weighted by Gasteiger charge is 2.28. The van der Waals surface area contributed by atoms with Crippen LogP contribution in [-0.4, -0.2) is 40.6 Å². The highest BCUT2D eigenvalue weighted by Crippen LogP contribution is 2.17. The number of aliphatic imine (C=N–C) groups is 1. The first kappa shape index (κ1) is 18.6. The fourth-order valence-electron chi connectivity index (χ4n) is 1.95. The molecule has 0 aromatic carbocycles. The van der Waals surface area contributed by atoms with Crippen molar-refractivity contribution in [1.82, 2.24) is 25.4 Å². The van der Waals surface area contributed by atoms with E-state index in [2.05, 4.69) is 30.4 Å². The van der Waals surface area contributed by atoms with E-state index in [9.17, 15) is 13.2 Å². The summed E-state index contributed by atoms with van der Waals surface area (Å²) in [6, 6.07) is 5.02. The van der Waals surface area contributed by atoms with Gasteiger partial charge in [-0.2, -0.15) is 18.3 Å². The van der Waals surface area contributed by atoms with Gasteiger partial charge >= 0.3 is 6.18 Å². The zero-order chi connectivity index (χ0) is 18.3. The van der Waals surface area contributed by atoms with Gasteiger partial charge in [-0.15, -0.1) is 0 Å². The second-order valence-corrected chi connectivity index (χ2v) is 5.13. The number of hydrogen-bond acceptors (Lipinski definition) is 4. The Morgan fingerprint density at radius 1 is 1.24 bits per heavy atom. The van der Waals surface area contributed by atoms with Crippen LogP contribution in [0.5, 0.6) is 5.88 Å². The predicted octanol–water partition coefficient (Wildman–Crippen LogP) is 1.62. The number of nitrogens with one attached hydrogen (secondary N) is 2. The van der Waals surface area contributed by atoms with Gasteiger partial charge in [-0.3, -0.25) is 9.67 Å². The van der Waals surface area contributed by atoms with E-state index in [1.807, 2.05) is 13.1 Å². The lowest BCUT2D eigenvalue weighted by molar-refractivity contribution is -0.154. The van der Waals surface area contributed by atoms with Crippen LogP contribution in [0.4, 0.5) is 13.2 Å². The summed E-state index contributed by atoms with van der Waals surface area (Å²) in [5, 5.41) is 10.3. The summed E-state index contributed by atoms with van der Waals surface area (Å²) in [7, 11) is 3.47. The van der Waals surface area contributed by atoms with Crippen LogP contribution in [-0.2, 0) is 20.1 Å². The molecule has 2 aromatic heterocycles. The summed E-state index contributed by atoms with van der Waals surface area (Å²) in [6.45, 7) is -0.479. The topological polar surface area (TPSA) is 76.4 Å². The lowest BCUT2D eigenvalue weighted by Crippen LogP contribution is -2.36. The Labute approximate surface area is 142 Å². The van der Waals surface area contributed by atoms with Crippen LogP contribution in [0, 0.1) is 0 Å². The Bertz CT molecular complexity index is 713. The van der Waals surface area contributed by atoms with Gasteiger partial charge in [0.05, 0.1) is 12.2 Å². The molecule has 0 aliphatic rings. The molecule has 0 amide bonds. The van der Waals surface area contributed by atoms with Crippen molar-refractivity contribution in [3.05, 3.63) is 41.9 Å². The summed E-state index contributed by atoms with van der Waals surface area (Å²) in [4.78, 5) is 7.86. The highest BCUT2D eigenvalue weighted by molar-refractivity contribution is 5.79. The first-order valence-electron chi connectivity index (χ1n) is 7.43. The largest absolute Gasteiger partial charge is 0.468 e. The van der Waals surface area contributed by atoms with Crippen LogP contribution >= 0.6 is 0 Å². The quantitative estimate of drug-likeness (QED) is 0.608. The molecular formula is C15H19F3N6O. The number of pyridine rings is 1. The number of aryl methyl sites for hydroxylation is 1. The van der Waals surface area contributed by atoms with Crippen LogP contribution in [0.1, 0.15) is 11.3 Å². The molecule has 0 fully saturated rings. The molecule has 0 unspecified atom stereocenters. The summed E-state index contributed by atoms with van der Waals surface area (Å²) >= 11 is 0. The fraction of sp³-hybridized carbons (Fsp3) is 0.400. The SMILES string of the molecule is CN=C(NCc1ccnc(OCC(F)(F)F)c1)NCc1ccnn1C. The van der Waals surface area contributed by atoms with Crippen LogP contribution in [0.15, 0.2) is 35.6 Å². The molecule has 2 aromatic rings. The van der Waals surface area contributed by atoms with E-state index in [1.54, 1.807) is 24.0 Å². The van der Waals surface area contributed by atoms with Gasteiger partial charge in [0.25, 0.3) is 0 Å². The lowest BCUT2D eigenvalue weighted by atomic mass is 10.2. The van der Waals surface area contributed by atoms with Crippen LogP contribution in [0.3, 0.4) is 0 Å². The van der Waals surface area contributed by atoms with Gasteiger partial charge in [0.2, 0.25) is 5.88 Å². The maximum absolute atomic E-state index is 12.2. The molecular weight excluding hydrogens is 337 g/mol. The number of hydrogen-bond donors (Lipinski definition) is 2. The zero-order valence-corrected chi connectivity index (χ0v) is 13.8. The molecule has 0 bridgehead atoms. The number of ether oxygens (including phenoxy) is 1. The maximum Gasteiger partial charge on any atom is 0.422 e. The first-order chi connectivity index (χ1) is 11.9. The van der Waals surface area contributed by atoms with E-state index in [-0.39, 0.29) is 5.88 Å². The number of guanidine groups is 1. The first-order valence-corrected chi connectivity index (χ1v) is 7.43. The van der Waals surface area contributed by atoms with E-state index in [0.29, 0.717) is 19.0 Å². The predicted molar refractivity (Wildman–Crippen MR) is 86.0 cm³/mol. The average molecular weight is 356 g/mol. The average Bonchev–Trinajstić information content (AvgIpc) is 2.98. The Hall–Kier alpha value is -2.78. The van der Waals surface area contributed by atoms with Crippen molar-refractivity contribution in [2.45, 2.75) is 19.3 Å². The Kier molecular flexibility index (Phi) is 6.20. The smallest absolute Gasteiger partial charge is 0.422 e. The number of halogens is 3. The van der Waals surface area contributed by atoms with Gasteiger partial charge in [0, 0.05) is 39.1 Å². The van der Waals surface area contributed by atoms with Gasteiger partial charge in [0.1, 0.15) is 0 Å². The van der Waals surface area contributed by atoms with Crippen molar-refractivity contribution in [2.24, 2.45) is 12.0 Å². The molecule has 0 spiro atoms. The van der Waals surface area contributed by atoms with E-state index in [4.69, 9.17) is 0 Å². The van der Waals surface area contributed by atoms with Gasteiger partial charge in [-0.25, -0.2) is 4.98 Å².